The van der Waals surface area contributed by atoms with E-state index in [0.29, 0.717) is 11.5 Å². The molecule has 0 amide bonds. The molecule has 2 aliphatic heterocycles. The minimum Gasteiger partial charge on any atom is -0.492 e. The first-order chi connectivity index (χ1) is 9.76. The van der Waals surface area contributed by atoms with Crippen LogP contribution in [-0.2, 0) is 6.42 Å². The highest BCUT2D eigenvalue weighted by molar-refractivity contribution is 5.62. The topological polar surface area (TPSA) is 52.4 Å². The first kappa shape index (κ1) is 13.1. The molecule has 1 aromatic carbocycles. The van der Waals surface area contributed by atoms with E-state index in [0.717, 1.165) is 24.3 Å². The first-order valence-corrected chi connectivity index (χ1v) is 6.67. The van der Waals surface area contributed by atoms with Crippen LogP contribution >= 0.6 is 0 Å². The zero-order valence-electron chi connectivity index (χ0n) is 11.7. The second-order valence-corrected chi connectivity index (χ2v) is 4.97. The summed E-state index contributed by atoms with van der Waals surface area (Å²) in [5.41, 5.74) is 2.25. The monoisotopic (exact) mass is 276 g/mol. The molecule has 5 nitrogen and oxygen atoms in total. The third-order valence-electron chi connectivity index (χ3n) is 3.84. The molecule has 20 heavy (non-hydrogen) atoms. The molecule has 0 radical (unpaired) electrons. The van der Waals surface area contributed by atoms with Crippen molar-refractivity contribution >= 4 is 0 Å². The average molecular weight is 276 g/mol. The van der Waals surface area contributed by atoms with E-state index in [1.54, 1.807) is 7.11 Å². The minimum absolute atomic E-state index is 0.0182. The molecule has 1 aromatic rings. The van der Waals surface area contributed by atoms with Crippen LogP contribution in [0, 0.1) is 11.8 Å². The van der Waals surface area contributed by atoms with Gasteiger partial charge in [0.2, 0.25) is 12.5 Å². The Morgan fingerprint density at radius 1 is 1.50 bits per heavy atom. The Balaban J connectivity index is 2.17. The van der Waals surface area contributed by atoms with Crippen molar-refractivity contribution in [2.75, 3.05) is 34.1 Å². The lowest BCUT2D eigenvalue weighted by Gasteiger charge is -2.29. The van der Waals surface area contributed by atoms with E-state index in [2.05, 4.69) is 18.9 Å². The highest BCUT2D eigenvalue weighted by Crippen LogP contribution is 2.47. The van der Waals surface area contributed by atoms with Crippen LogP contribution in [-0.4, -0.2) is 39.2 Å². The number of aliphatic hydroxyl groups excluding tert-OH is 1. The largest absolute Gasteiger partial charge is 0.492 e. The number of rotatable bonds is 1. The van der Waals surface area contributed by atoms with Crippen LogP contribution in [0.3, 0.4) is 0 Å². The van der Waals surface area contributed by atoms with Crippen molar-refractivity contribution in [3.8, 4) is 29.1 Å². The maximum atomic E-state index is 8.95. The van der Waals surface area contributed by atoms with Crippen LogP contribution in [0.4, 0.5) is 0 Å². The van der Waals surface area contributed by atoms with Gasteiger partial charge in [0.1, 0.15) is 6.61 Å². The van der Waals surface area contributed by atoms with E-state index in [1.807, 2.05) is 6.07 Å². The van der Waals surface area contributed by atoms with Gasteiger partial charge in [-0.1, -0.05) is 5.92 Å². The lowest BCUT2D eigenvalue weighted by atomic mass is 9.91. The number of likely N-dealkylation sites (N-methyl/N-ethyl adjacent to an activating group) is 1. The van der Waals surface area contributed by atoms with Crippen molar-refractivity contribution in [2.24, 2.45) is 0 Å². The molecule has 0 spiro atoms. The van der Waals surface area contributed by atoms with Gasteiger partial charge in [-0.15, -0.1) is 0 Å². The molecule has 1 unspecified atom stereocenters. The highest BCUT2D eigenvalue weighted by atomic mass is 16.7. The van der Waals surface area contributed by atoms with E-state index in [4.69, 9.17) is 19.3 Å². The Morgan fingerprint density at radius 2 is 2.35 bits per heavy atom. The van der Waals surface area contributed by atoms with Crippen molar-refractivity contribution < 1.29 is 24.2 Å². The molecule has 0 bridgehead atoms. The Hall–Kier alpha value is -1.90. The number of aliphatic hydroxyl groups is 1. The number of methoxy groups -OCH3 is 1. The lowest BCUT2D eigenvalue weighted by molar-refractivity contribution is -0.905. The van der Waals surface area contributed by atoms with Gasteiger partial charge >= 0.3 is 0 Å². The molecule has 2 atom stereocenters. The molecule has 5 heteroatoms. The fourth-order valence-electron chi connectivity index (χ4n) is 2.87. The van der Waals surface area contributed by atoms with E-state index in [1.165, 1.54) is 10.5 Å². The van der Waals surface area contributed by atoms with Crippen LogP contribution in [0.1, 0.15) is 17.2 Å². The van der Waals surface area contributed by atoms with Crippen LogP contribution < -0.4 is 19.1 Å². The second kappa shape index (κ2) is 5.23. The maximum absolute atomic E-state index is 8.95. The molecule has 0 aromatic heterocycles. The summed E-state index contributed by atoms with van der Waals surface area (Å²) in [5.74, 6) is 8.02. The van der Waals surface area contributed by atoms with E-state index in [-0.39, 0.29) is 19.4 Å². The first-order valence-electron chi connectivity index (χ1n) is 6.67. The lowest BCUT2D eigenvalue weighted by Crippen LogP contribution is -3.10. The molecule has 3 rings (SSSR count). The third-order valence-corrected chi connectivity index (χ3v) is 3.84. The predicted octanol–water partition coefficient (Wildman–Crippen LogP) is -0.468. The van der Waals surface area contributed by atoms with E-state index >= 15 is 0 Å². The van der Waals surface area contributed by atoms with Crippen LogP contribution in [0.15, 0.2) is 6.07 Å². The molecule has 106 valence electrons. The van der Waals surface area contributed by atoms with Gasteiger partial charge in [0, 0.05) is 6.42 Å². The van der Waals surface area contributed by atoms with Crippen molar-refractivity contribution in [1.82, 2.24) is 0 Å². The normalized spacial score (nSPS) is 22.8. The van der Waals surface area contributed by atoms with Crippen molar-refractivity contribution in [2.45, 2.75) is 12.5 Å². The summed E-state index contributed by atoms with van der Waals surface area (Å²) < 4.78 is 16.6. The number of ether oxygens (including phenoxy) is 3. The average Bonchev–Trinajstić information content (AvgIpc) is 2.92. The molecule has 0 saturated carbocycles. The Kier molecular flexibility index (Phi) is 3.43. The summed E-state index contributed by atoms with van der Waals surface area (Å²) in [4.78, 5) is 1.29. The summed E-state index contributed by atoms with van der Waals surface area (Å²) in [5, 5.41) is 8.95. The van der Waals surface area contributed by atoms with Crippen molar-refractivity contribution in [3.05, 3.63) is 17.2 Å². The molecule has 2 heterocycles. The predicted molar refractivity (Wildman–Crippen MR) is 72.2 cm³/mol. The van der Waals surface area contributed by atoms with Gasteiger partial charge in [-0.25, -0.2) is 0 Å². The summed E-state index contributed by atoms with van der Waals surface area (Å²) in [7, 11) is 3.74. The number of nitrogens with one attached hydrogen (secondary N) is 1. The van der Waals surface area contributed by atoms with Gasteiger partial charge in [0.15, 0.2) is 17.5 Å². The number of hydrogen-bond acceptors (Lipinski definition) is 4. The summed E-state index contributed by atoms with van der Waals surface area (Å²) in [6.45, 7) is 1.08. The van der Waals surface area contributed by atoms with Gasteiger partial charge in [0.05, 0.1) is 26.3 Å². The fraction of sp³-hybridized carbons (Fsp3) is 0.467. The Labute approximate surface area is 118 Å². The molecule has 2 aliphatic rings. The highest BCUT2D eigenvalue weighted by Gasteiger charge is 2.35. The zero-order chi connectivity index (χ0) is 14.1. The fourth-order valence-corrected chi connectivity index (χ4v) is 2.87. The smallest absolute Gasteiger partial charge is 0.231 e. The number of benzene rings is 1. The van der Waals surface area contributed by atoms with Crippen LogP contribution in [0.2, 0.25) is 0 Å². The number of fused-ring (bicyclic) bond motifs is 2. The molecular formula is C15H18NO4+. The third kappa shape index (κ3) is 1.98. The number of quaternary nitrogens is 1. The molecule has 0 saturated heterocycles. The SMILES string of the molecule is COc1c2c(cc3c1[C@@H](C#CCO)[NH+](C)CC3)OCO2. The van der Waals surface area contributed by atoms with Gasteiger partial charge in [-0.05, 0) is 17.6 Å². The molecule has 0 fully saturated rings. The van der Waals surface area contributed by atoms with Crippen molar-refractivity contribution in [3.63, 3.8) is 0 Å². The van der Waals surface area contributed by atoms with Crippen LogP contribution in [0.5, 0.6) is 17.2 Å². The maximum Gasteiger partial charge on any atom is 0.231 e. The summed E-state index contributed by atoms with van der Waals surface area (Å²) >= 11 is 0. The molecule has 0 aliphatic carbocycles. The quantitative estimate of drug-likeness (QED) is 0.681. The van der Waals surface area contributed by atoms with Gasteiger partial charge < -0.3 is 24.2 Å². The molecular weight excluding hydrogens is 258 g/mol. The van der Waals surface area contributed by atoms with Gasteiger partial charge in [-0.3, -0.25) is 0 Å². The van der Waals surface area contributed by atoms with E-state index in [9.17, 15) is 0 Å². The summed E-state index contributed by atoms with van der Waals surface area (Å²) in [6.07, 6.45) is 0.950. The second-order valence-electron chi connectivity index (χ2n) is 4.97. The van der Waals surface area contributed by atoms with Gasteiger partial charge in [0.25, 0.3) is 0 Å². The Bertz CT molecular complexity index is 588. The standard InChI is InChI=1S/C15H17NO4/c1-16-6-5-10-8-12-14(20-9-19-12)15(18-2)13(10)11(16)4-3-7-17/h8,11,17H,5-7,9H2,1-2H3/p+1/t11-/m1/s1. The van der Waals surface area contributed by atoms with Gasteiger partial charge in [-0.2, -0.15) is 0 Å². The van der Waals surface area contributed by atoms with Crippen LogP contribution in [0.25, 0.3) is 0 Å². The number of hydrogen-bond donors (Lipinski definition) is 2. The minimum atomic E-state index is -0.133. The summed E-state index contributed by atoms with van der Waals surface area (Å²) in [6, 6.07) is 2.01. The molecule has 2 N–H and O–H groups in total. The Morgan fingerprint density at radius 3 is 3.10 bits per heavy atom. The van der Waals surface area contributed by atoms with Crippen molar-refractivity contribution in [1.29, 1.82) is 0 Å². The zero-order valence-corrected chi connectivity index (χ0v) is 11.7. The van der Waals surface area contributed by atoms with E-state index < -0.39 is 0 Å².